The molecule has 11 nitrogen and oxygen atoms in total. The van der Waals surface area contributed by atoms with Gasteiger partial charge in [0.15, 0.2) is 11.5 Å². The number of nitro benzene ring substituents is 2. The minimum Gasteiger partial charge on any atom is -0.502 e. The Morgan fingerprint density at radius 1 is 0.846 bits per heavy atom. The minimum atomic E-state index is -2.61. The van der Waals surface area contributed by atoms with Crippen LogP contribution in [0.3, 0.4) is 0 Å². The number of phenols is 2. The van der Waals surface area contributed by atoms with Crippen LogP contribution in [-0.2, 0) is 26.8 Å². The number of phenolic OH excluding ortho intramolecular Hbond substituents is 2. The summed E-state index contributed by atoms with van der Waals surface area (Å²) in [6.07, 6.45) is 0. The lowest BCUT2D eigenvalue weighted by Crippen LogP contribution is -1.94. The molecule has 0 amide bonds. The van der Waals surface area contributed by atoms with E-state index in [-0.39, 0.29) is 13.2 Å². The molecule has 0 unspecified atom stereocenters. The van der Waals surface area contributed by atoms with E-state index in [0.717, 1.165) is 24.3 Å². The zero-order valence-corrected chi connectivity index (χ0v) is 13.9. The highest BCUT2D eigenvalue weighted by molar-refractivity contribution is 7.33. The molecule has 0 saturated carbocycles. The first-order valence-corrected chi connectivity index (χ1v) is 8.03. The molecule has 136 valence electrons. The van der Waals surface area contributed by atoms with E-state index in [1.807, 2.05) is 0 Å². The molecule has 0 aliphatic heterocycles. The SMILES string of the molecule is O=[N+]([O-])c1cc(CO[P+](=O)OCc2ccc(O)c([N+](=O)[O-])c2)ccc1O. The summed E-state index contributed by atoms with van der Waals surface area (Å²) in [6, 6.07) is 7.08. The molecule has 0 heterocycles. The fourth-order valence-electron chi connectivity index (χ4n) is 1.90. The van der Waals surface area contributed by atoms with E-state index in [0.29, 0.717) is 11.1 Å². The van der Waals surface area contributed by atoms with Gasteiger partial charge in [0.2, 0.25) is 0 Å². The molecule has 0 aliphatic rings. The van der Waals surface area contributed by atoms with Gasteiger partial charge in [-0.15, -0.1) is 9.05 Å². The number of benzene rings is 2. The number of aromatic hydroxyl groups is 2. The lowest BCUT2D eigenvalue weighted by molar-refractivity contribution is -0.386. The summed E-state index contributed by atoms with van der Waals surface area (Å²) in [5.74, 6) is -1.01. The zero-order chi connectivity index (χ0) is 19.3. The first-order valence-electron chi connectivity index (χ1n) is 6.93. The van der Waals surface area contributed by atoms with Gasteiger partial charge in [0.25, 0.3) is 0 Å². The number of rotatable bonds is 8. The van der Waals surface area contributed by atoms with Gasteiger partial charge in [0.1, 0.15) is 13.2 Å². The normalized spacial score (nSPS) is 10.5. The number of hydrogen-bond acceptors (Lipinski definition) is 9. The molecule has 2 aromatic carbocycles. The summed E-state index contributed by atoms with van der Waals surface area (Å²) >= 11 is 0. The molecule has 0 radical (unpaired) electrons. The molecular formula is C14H12N2O9P+. The molecule has 0 aliphatic carbocycles. The van der Waals surface area contributed by atoms with Gasteiger partial charge in [-0.1, -0.05) is 12.1 Å². The Kier molecular flexibility index (Phi) is 6.12. The van der Waals surface area contributed by atoms with Crippen LogP contribution in [0.1, 0.15) is 11.1 Å². The minimum absolute atomic E-state index is 0.272. The van der Waals surface area contributed by atoms with Crippen molar-refractivity contribution in [1.29, 1.82) is 0 Å². The third-order valence-corrected chi connectivity index (χ3v) is 3.83. The molecule has 0 fully saturated rings. The highest BCUT2D eigenvalue weighted by Crippen LogP contribution is 2.32. The van der Waals surface area contributed by atoms with Gasteiger partial charge < -0.3 is 10.2 Å². The average Bonchev–Trinajstić information content (AvgIpc) is 2.59. The second kappa shape index (κ2) is 8.30. The fraction of sp³-hybridized carbons (Fsp3) is 0.143. The Morgan fingerprint density at radius 3 is 1.58 bits per heavy atom. The third kappa shape index (κ3) is 4.93. The van der Waals surface area contributed by atoms with Crippen molar-refractivity contribution in [3.63, 3.8) is 0 Å². The Morgan fingerprint density at radius 2 is 1.23 bits per heavy atom. The monoisotopic (exact) mass is 383 g/mol. The smallest absolute Gasteiger partial charge is 0.502 e. The van der Waals surface area contributed by atoms with Crippen LogP contribution >= 0.6 is 8.25 Å². The lowest BCUT2D eigenvalue weighted by atomic mass is 10.2. The maximum absolute atomic E-state index is 11.7. The third-order valence-electron chi connectivity index (χ3n) is 3.15. The van der Waals surface area contributed by atoms with E-state index >= 15 is 0 Å². The largest absolute Gasteiger partial charge is 0.698 e. The van der Waals surface area contributed by atoms with Gasteiger partial charge in [-0.2, -0.15) is 0 Å². The first kappa shape index (κ1) is 19.2. The molecule has 2 rings (SSSR count). The molecule has 0 atom stereocenters. The average molecular weight is 383 g/mol. The molecule has 2 N–H and O–H groups in total. The van der Waals surface area contributed by atoms with Crippen LogP contribution in [0, 0.1) is 20.2 Å². The second-order valence-corrected chi connectivity index (χ2v) is 5.89. The molecule has 0 saturated heterocycles. The maximum Gasteiger partial charge on any atom is 0.698 e. The highest BCUT2D eigenvalue weighted by atomic mass is 31.1. The second-order valence-electron chi connectivity index (χ2n) is 4.93. The van der Waals surface area contributed by atoms with Gasteiger partial charge >= 0.3 is 19.6 Å². The summed E-state index contributed by atoms with van der Waals surface area (Å²) in [4.78, 5) is 19.9. The van der Waals surface area contributed by atoms with Crippen molar-refractivity contribution < 1.29 is 33.7 Å². The predicted octanol–water partition coefficient (Wildman–Crippen LogP) is 3.31. The first-order chi connectivity index (χ1) is 12.3. The molecule has 0 aromatic heterocycles. The van der Waals surface area contributed by atoms with Gasteiger partial charge in [0.05, 0.1) is 9.85 Å². The number of nitro groups is 2. The van der Waals surface area contributed by atoms with Crippen molar-refractivity contribution in [3.8, 4) is 11.5 Å². The molecule has 26 heavy (non-hydrogen) atoms. The van der Waals surface area contributed by atoms with Crippen molar-refractivity contribution in [2.75, 3.05) is 0 Å². The predicted molar refractivity (Wildman–Crippen MR) is 86.7 cm³/mol. The number of hydrogen-bond donors (Lipinski definition) is 2. The summed E-state index contributed by atoms with van der Waals surface area (Å²) in [5, 5.41) is 40.1. The Hall–Kier alpha value is -3.14. The lowest BCUT2D eigenvalue weighted by Gasteiger charge is -2.00. The maximum atomic E-state index is 11.7. The van der Waals surface area contributed by atoms with Crippen LogP contribution in [0.15, 0.2) is 36.4 Å². The van der Waals surface area contributed by atoms with Crippen molar-refractivity contribution in [3.05, 3.63) is 67.8 Å². The van der Waals surface area contributed by atoms with Crippen LogP contribution in [0.4, 0.5) is 11.4 Å². The topological polar surface area (TPSA) is 162 Å². The molecular weight excluding hydrogens is 371 g/mol. The van der Waals surface area contributed by atoms with Gasteiger partial charge in [-0.3, -0.25) is 20.2 Å². The molecule has 2 aromatic rings. The highest BCUT2D eigenvalue weighted by Gasteiger charge is 2.23. The van der Waals surface area contributed by atoms with E-state index in [1.54, 1.807) is 0 Å². The summed E-state index contributed by atoms with van der Waals surface area (Å²) in [6.45, 7) is -0.544. The van der Waals surface area contributed by atoms with Crippen molar-refractivity contribution in [1.82, 2.24) is 0 Å². The molecule has 12 heteroatoms. The van der Waals surface area contributed by atoms with E-state index in [1.165, 1.54) is 12.1 Å². The van der Waals surface area contributed by atoms with Crippen molar-refractivity contribution >= 4 is 19.6 Å². The van der Waals surface area contributed by atoms with Gasteiger partial charge in [-0.05, 0) is 23.3 Å². The van der Waals surface area contributed by atoms with Crippen LogP contribution in [0.2, 0.25) is 0 Å². The molecule has 0 spiro atoms. The van der Waals surface area contributed by atoms with Gasteiger partial charge in [0, 0.05) is 16.7 Å². The zero-order valence-electron chi connectivity index (χ0n) is 13.0. The summed E-state index contributed by atoms with van der Waals surface area (Å²) in [7, 11) is -2.61. The van der Waals surface area contributed by atoms with E-state index in [9.17, 15) is 35.0 Å². The Balaban J connectivity index is 1.92. The standard InChI is InChI=1S/C14H11N2O9P/c17-13-3-1-9(5-11(13)15(19)20)7-24-26(23)25-8-10-2-4-14(18)12(6-10)16(21)22/h1-6H,7-8H2,(H-,17,18)/p+1. The van der Waals surface area contributed by atoms with Crippen molar-refractivity contribution in [2.24, 2.45) is 0 Å². The van der Waals surface area contributed by atoms with Crippen LogP contribution in [0.5, 0.6) is 11.5 Å². The number of nitrogens with zero attached hydrogens (tertiary/aromatic N) is 2. The Labute approximate surface area is 146 Å². The van der Waals surface area contributed by atoms with E-state index in [4.69, 9.17) is 9.05 Å². The van der Waals surface area contributed by atoms with E-state index in [2.05, 4.69) is 0 Å². The van der Waals surface area contributed by atoms with Crippen LogP contribution in [0.25, 0.3) is 0 Å². The Bertz CT molecular complexity index is 802. The molecule has 0 bridgehead atoms. The fourth-order valence-corrected chi connectivity index (χ4v) is 2.49. The van der Waals surface area contributed by atoms with Gasteiger partial charge in [-0.25, -0.2) is 0 Å². The van der Waals surface area contributed by atoms with Crippen LogP contribution < -0.4 is 0 Å². The quantitative estimate of drug-likeness (QED) is 0.395. The summed E-state index contributed by atoms with van der Waals surface area (Å²) in [5.41, 5.74) is -0.444. The van der Waals surface area contributed by atoms with E-state index < -0.39 is 41.0 Å². The van der Waals surface area contributed by atoms with Crippen molar-refractivity contribution in [2.45, 2.75) is 13.2 Å². The summed E-state index contributed by atoms with van der Waals surface area (Å²) < 4.78 is 21.5. The van der Waals surface area contributed by atoms with Crippen LogP contribution in [-0.4, -0.2) is 20.1 Å².